The topological polar surface area (TPSA) is 103 Å². The van der Waals surface area contributed by atoms with Crippen LogP contribution in [0.4, 0.5) is 0 Å². The largest absolute Gasteiger partial charge is 0.246 e. The van der Waals surface area contributed by atoms with Crippen molar-refractivity contribution in [2.45, 2.75) is 0 Å². The van der Waals surface area contributed by atoms with Gasteiger partial charge in [0, 0.05) is 106 Å². The highest BCUT2D eigenvalue weighted by atomic mass is 32.1. The van der Waals surface area contributed by atoms with Gasteiger partial charge in [0.25, 0.3) is 0 Å². The average molecular weight is 1570 g/mol. The van der Waals surface area contributed by atoms with E-state index in [9.17, 15) is 0 Å². The number of thiophene rings is 3. The molecule has 0 aliphatic rings. The van der Waals surface area contributed by atoms with Crippen LogP contribution in [-0.4, -0.2) is 39.9 Å². The number of nitrogens with zero attached hydrogens (tertiary/aromatic N) is 8. The van der Waals surface area contributed by atoms with Crippen LogP contribution in [-0.2, 0) is 0 Å². The molecule has 11 heteroatoms. The molecule has 556 valence electrons. The van der Waals surface area contributed by atoms with E-state index in [1.54, 1.807) is 22.7 Å². The highest BCUT2D eigenvalue weighted by Crippen LogP contribution is 2.48. The first-order valence-corrected chi connectivity index (χ1v) is 42.1. The van der Waals surface area contributed by atoms with Crippen LogP contribution in [0.2, 0.25) is 0 Å². The van der Waals surface area contributed by atoms with Gasteiger partial charge >= 0.3 is 0 Å². The Hall–Kier alpha value is -15.0. The van der Waals surface area contributed by atoms with E-state index in [1.165, 1.54) is 83.6 Å². The Morgan fingerprint density at radius 2 is 0.429 bits per heavy atom. The Labute approximate surface area is 697 Å². The standard InChI is InChI=1S/C54H32N4S2.C54H34N4S/c1-3-14-33(15-4-1)52-56-53(34-16-5-2-6-17-34)58-54(57-52)39-21-12-20-38(31-39)49-51-48(44-23-8-10-27-47(44)60-51)43-29-28-36(32-45(43)55-49)35-18-11-19-37(30-35)40-24-13-25-42-41-22-7-9-26-46(41)59-50(40)42;1-4-12-35(13-5-1)37-20-22-39(23-21-37)44-32-33-45-47(34-44)55-50(51-49(45)46-18-10-11-19-48(46)59-51)40-26-30-43(31-27-40)54-57-52(41-16-8-3-9-17-41)56-53(58-54)42-28-24-38(25-29-42)36-14-6-2-7-15-36/h1-32H;1-34H. The van der Waals surface area contributed by atoms with E-state index in [4.69, 9.17) is 39.9 Å². The maximum Gasteiger partial charge on any atom is 0.164 e. The molecule has 23 rings (SSSR count). The number of aromatic nitrogens is 8. The molecule has 7 aromatic heterocycles. The summed E-state index contributed by atoms with van der Waals surface area (Å²) in [6, 6.07) is 141. The van der Waals surface area contributed by atoms with E-state index in [-0.39, 0.29) is 0 Å². The molecule has 7 heterocycles. The lowest BCUT2D eigenvalue weighted by Gasteiger charge is -2.12. The molecule has 0 saturated heterocycles. The first kappa shape index (κ1) is 70.6. The molecule has 0 unspecified atom stereocenters. The molecule has 16 aromatic carbocycles. The molecule has 0 saturated carbocycles. The Kier molecular flexibility index (Phi) is 18.0. The summed E-state index contributed by atoms with van der Waals surface area (Å²) in [4.78, 5) is 41.0. The first-order chi connectivity index (χ1) is 58.9. The van der Waals surface area contributed by atoms with Gasteiger partial charge in [-0.15, -0.1) is 34.0 Å². The molecule has 0 fully saturated rings. The van der Waals surface area contributed by atoms with Gasteiger partial charge < -0.3 is 0 Å². The molecule has 119 heavy (non-hydrogen) atoms. The lowest BCUT2D eigenvalue weighted by Crippen LogP contribution is -2.00. The molecule has 0 aliphatic carbocycles. The third-order valence-electron chi connectivity index (χ3n) is 22.3. The van der Waals surface area contributed by atoms with Crippen LogP contribution in [0, 0.1) is 0 Å². The van der Waals surface area contributed by atoms with Gasteiger partial charge in [-0.1, -0.05) is 358 Å². The van der Waals surface area contributed by atoms with Crippen molar-refractivity contribution in [3.05, 3.63) is 400 Å². The van der Waals surface area contributed by atoms with Crippen LogP contribution >= 0.6 is 34.0 Å². The Morgan fingerprint density at radius 1 is 0.151 bits per heavy atom. The Morgan fingerprint density at radius 3 is 0.899 bits per heavy atom. The molecule has 0 radical (unpaired) electrons. The zero-order chi connectivity index (χ0) is 78.7. The Bertz CT molecular complexity index is 7750. The second kappa shape index (κ2) is 30.3. The summed E-state index contributed by atoms with van der Waals surface area (Å²) >= 11 is 5.47. The summed E-state index contributed by atoms with van der Waals surface area (Å²) < 4.78 is 7.46. The number of hydrogen-bond acceptors (Lipinski definition) is 11. The van der Waals surface area contributed by atoms with Gasteiger partial charge in [-0.3, -0.25) is 0 Å². The summed E-state index contributed by atoms with van der Waals surface area (Å²) in [6.07, 6.45) is 0. The minimum atomic E-state index is 0.617. The van der Waals surface area contributed by atoms with Crippen LogP contribution in [0.1, 0.15) is 0 Å². The van der Waals surface area contributed by atoms with E-state index in [1.807, 2.05) is 108 Å². The molecule has 0 N–H and O–H groups in total. The van der Waals surface area contributed by atoms with E-state index >= 15 is 0 Å². The fourth-order valence-electron chi connectivity index (χ4n) is 16.4. The monoisotopic (exact) mass is 1570 g/mol. The SMILES string of the molecule is c1ccc(-c2ccc(-c3ccc4c(c3)nc(-c3ccc(-c5nc(-c6ccccc6)nc(-c6ccc(-c7ccccc7)cc6)n5)cc3)c3sc5ccccc5c34)cc2)cc1.c1ccc(-c2nc(-c3ccccc3)nc(-c3cccc(-c4nc5cc(-c6cccc(-c7cccc8c7sc7ccccc78)c6)ccc5c5c4sc4ccccc45)c3)n2)cc1. The van der Waals surface area contributed by atoms with Gasteiger partial charge in [-0.05, 0) is 98.1 Å². The number of rotatable bonds is 13. The van der Waals surface area contributed by atoms with Crippen LogP contribution < -0.4 is 0 Å². The number of hydrogen-bond donors (Lipinski definition) is 0. The summed E-state index contributed by atoms with van der Waals surface area (Å²) in [6.45, 7) is 0. The molecule has 0 bridgehead atoms. The highest BCUT2D eigenvalue weighted by Gasteiger charge is 2.23. The van der Waals surface area contributed by atoms with Crippen LogP contribution in [0.3, 0.4) is 0 Å². The number of pyridine rings is 2. The normalized spacial score (nSPS) is 11.5. The second-order valence-electron chi connectivity index (χ2n) is 29.6. The summed E-state index contributed by atoms with van der Waals surface area (Å²) in [5, 5.41) is 9.89. The van der Waals surface area contributed by atoms with Crippen LogP contribution in [0.5, 0.6) is 0 Å². The van der Waals surface area contributed by atoms with E-state index < -0.39 is 0 Å². The minimum absolute atomic E-state index is 0.617. The van der Waals surface area contributed by atoms with Gasteiger partial charge in [-0.25, -0.2) is 39.9 Å². The number of benzene rings is 16. The predicted molar refractivity (Wildman–Crippen MR) is 500 cm³/mol. The van der Waals surface area contributed by atoms with E-state index in [2.05, 4.69) is 303 Å². The van der Waals surface area contributed by atoms with Crippen LogP contribution in [0.15, 0.2) is 400 Å². The van der Waals surface area contributed by atoms with E-state index in [0.717, 1.165) is 110 Å². The van der Waals surface area contributed by atoms with Crippen molar-refractivity contribution in [1.29, 1.82) is 0 Å². The lowest BCUT2D eigenvalue weighted by molar-refractivity contribution is 1.07. The molecular formula is C108H66N8S3. The van der Waals surface area contributed by atoms with Crippen molar-refractivity contribution in [3.63, 3.8) is 0 Å². The smallest absolute Gasteiger partial charge is 0.164 e. The fraction of sp³-hybridized carbons (Fsp3) is 0. The van der Waals surface area contributed by atoms with Gasteiger partial charge in [0.2, 0.25) is 0 Å². The summed E-state index contributed by atoms with van der Waals surface area (Å²) in [5.41, 5.74) is 23.2. The average Bonchev–Trinajstić information content (AvgIpc) is 1.40. The molecule has 23 aromatic rings. The molecular weight excluding hydrogens is 1510 g/mol. The van der Waals surface area contributed by atoms with Crippen molar-refractivity contribution < 1.29 is 0 Å². The molecule has 0 spiro atoms. The summed E-state index contributed by atoms with van der Waals surface area (Å²) in [5.74, 6) is 3.78. The zero-order valence-electron chi connectivity index (χ0n) is 63.9. The van der Waals surface area contributed by atoms with Gasteiger partial charge in [0.1, 0.15) is 0 Å². The van der Waals surface area contributed by atoms with Crippen molar-refractivity contribution in [1.82, 2.24) is 39.9 Å². The maximum absolute atomic E-state index is 5.52. The van der Waals surface area contributed by atoms with Crippen molar-refractivity contribution >= 4 is 116 Å². The molecule has 0 aliphatic heterocycles. The number of fused-ring (bicyclic) bond motifs is 13. The Balaban J connectivity index is 0.000000143. The molecule has 0 atom stereocenters. The molecule has 0 amide bonds. The highest BCUT2D eigenvalue weighted by molar-refractivity contribution is 7.27. The fourth-order valence-corrected chi connectivity index (χ4v) is 20.1. The van der Waals surface area contributed by atoms with Gasteiger partial charge in [0.15, 0.2) is 34.9 Å². The summed E-state index contributed by atoms with van der Waals surface area (Å²) in [7, 11) is 0. The minimum Gasteiger partial charge on any atom is -0.246 e. The van der Waals surface area contributed by atoms with Gasteiger partial charge in [-0.2, -0.15) is 0 Å². The van der Waals surface area contributed by atoms with Crippen LogP contribution in [0.25, 0.3) is 229 Å². The first-order valence-electron chi connectivity index (χ1n) is 39.7. The quantitative estimate of drug-likeness (QED) is 0.112. The molecule has 8 nitrogen and oxygen atoms in total. The van der Waals surface area contributed by atoms with Crippen molar-refractivity contribution in [2.75, 3.05) is 0 Å². The predicted octanol–water partition coefficient (Wildman–Crippen LogP) is 29.6. The maximum atomic E-state index is 5.52. The third kappa shape index (κ3) is 13.4. The van der Waals surface area contributed by atoms with E-state index in [0.29, 0.717) is 34.9 Å². The second-order valence-corrected chi connectivity index (χ2v) is 32.8. The zero-order valence-corrected chi connectivity index (χ0v) is 66.4. The van der Waals surface area contributed by atoms with Crippen molar-refractivity contribution in [2.24, 2.45) is 0 Å². The third-order valence-corrected chi connectivity index (χ3v) is 25.9. The van der Waals surface area contributed by atoms with Crippen molar-refractivity contribution in [3.8, 4) is 146 Å². The lowest BCUT2D eigenvalue weighted by atomic mass is 9.96. The van der Waals surface area contributed by atoms with Gasteiger partial charge in [0.05, 0.1) is 31.8 Å².